The van der Waals surface area contributed by atoms with E-state index in [-0.39, 0.29) is 0 Å². The molecule has 0 spiro atoms. The van der Waals surface area contributed by atoms with Crippen LogP contribution in [0.1, 0.15) is 0 Å². The SMILES string of the molecule is C=C.C=CC(N)=NC. The van der Waals surface area contributed by atoms with Crippen LogP contribution in [-0.2, 0) is 0 Å². The average molecular weight is 112 g/mol. The number of hydrogen-bond acceptors (Lipinski definition) is 1. The van der Waals surface area contributed by atoms with Gasteiger partial charge in [0.15, 0.2) is 0 Å². The zero-order chi connectivity index (χ0) is 6.99. The van der Waals surface area contributed by atoms with Crippen molar-refractivity contribution in [1.29, 1.82) is 0 Å². The molecule has 0 aliphatic rings. The first-order valence-electron chi connectivity index (χ1n) is 2.16. The minimum Gasteiger partial charge on any atom is -0.384 e. The molecule has 0 aromatic carbocycles. The molecular weight excluding hydrogens is 100 g/mol. The van der Waals surface area contributed by atoms with Gasteiger partial charge >= 0.3 is 0 Å². The summed E-state index contributed by atoms with van der Waals surface area (Å²) in [7, 11) is 1.62. The molecule has 0 atom stereocenters. The average Bonchev–Trinajstić information content (AvgIpc) is 1.91. The fraction of sp³-hybridized carbons (Fsp3) is 0.167. The summed E-state index contributed by atoms with van der Waals surface area (Å²) in [6.45, 7) is 9.38. The standard InChI is InChI=1S/C4H8N2.C2H4/c1-3-4(5)6-2;1-2/h3H,1H2,2H3,(H2,5,6);1-2H2. The fourth-order valence-corrected chi connectivity index (χ4v) is 0.0913. The van der Waals surface area contributed by atoms with E-state index in [0.717, 1.165) is 0 Å². The molecule has 2 N–H and O–H groups in total. The van der Waals surface area contributed by atoms with E-state index in [1.54, 1.807) is 7.05 Å². The highest BCUT2D eigenvalue weighted by atomic mass is 14.8. The number of aliphatic imine (C=N–C) groups is 1. The maximum atomic E-state index is 5.10. The van der Waals surface area contributed by atoms with Gasteiger partial charge in [0.1, 0.15) is 5.84 Å². The Bertz CT molecular complexity index is 84.5. The van der Waals surface area contributed by atoms with E-state index in [1.807, 2.05) is 0 Å². The van der Waals surface area contributed by atoms with Gasteiger partial charge in [-0.2, -0.15) is 0 Å². The molecule has 0 aromatic rings. The van der Waals surface area contributed by atoms with Crippen LogP contribution < -0.4 is 5.73 Å². The highest BCUT2D eigenvalue weighted by Gasteiger charge is 1.68. The van der Waals surface area contributed by atoms with E-state index >= 15 is 0 Å². The van der Waals surface area contributed by atoms with E-state index in [1.165, 1.54) is 6.08 Å². The Balaban J connectivity index is 0. The topological polar surface area (TPSA) is 38.4 Å². The Morgan fingerprint density at radius 2 is 2.00 bits per heavy atom. The van der Waals surface area contributed by atoms with Gasteiger partial charge in [0.05, 0.1) is 0 Å². The van der Waals surface area contributed by atoms with Crippen molar-refractivity contribution in [2.45, 2.75) is 0 Å². The van der Waals surface area contributed by atoms with Gasteiger partial charge < -0.3 is 5.73 Å². The van der Waals surface area contributed by atoms with Crippen LogP contribution in [0.25, 0.3) is 0 Å². The van der Waals surface area contributed by atoms with Crippen LogP contribution in [0.15, 0.2) is 30.8 Å². The second-order valence-corrected chi connectivity index (χ2v) is 0.853. The molecule has 0 aromatic heterocycles. The van der Waals surface area contributed by atoms with Crippen molar-refractivity contribution in [1.82, 2.24) is 0 Å². The van der Waals surface area contributed by atoms with E-state index in [2.05, 4.69) is 24.7 Å². The lowest BCUT2D eigenvalue weighted by Crippen LogP contribution is -2.05. The van der Waals surface area contributed by atoms with Crippen molar-refractivity contribution in [2.24, 2.45) is 10.7 Å². The van der Waals surface area contributed by atoms with Crippen LogP contribution in [0, 0.1) is 0 Å². The number of nitrogens with two attached hydrogens (primary N) is 1. The van der Waals surface area contributed by atoms with Crippen molar-refractivity contribution < 1.29 is 0 Å². The summed E-state index contributed by atoms with van der Waals surface area (Å²) in [4.78, 5) is 3.58. The summed E-state index contributed by atoms with van der Waals surface area (Å²) in [5.74, 6) is 0.481. The molecule has 0 amide bonds. The van der Waals surface area contributed by atoms with Crippen LogP contribution in [0.5, 0.6) is 0 Å². The van der Waals surface area contributed by atoms with Crippen LogP contribution >= 0.6 is 0 Å². The smallest absolute Gasteiger partial charge is 0.117 e. The zero-order valence-corrected chi connectivity index (χ0v) is 5.22. The molecule has 0 bridgehead atoms. The lowest BCUT2D eigenvalue weighted by Gasteiger charge is -1.79. The first-order chi connectivity index (χ1) is 3.81. The largest absolute Gasteiger partial charge is 0.384 e. The fourth-order valence-electron chi connectivity index (χ4n) is 0.0913. The first kappa shape index (κ1) is 10.0. The van der Waals surface area contributed by atoms with Crippen molar-refractivity contribution in [3.63, 3.8) is 0 Å². The molecule has 0 radical (unpaired) electrons. The lowest BCUT2D eigenvalue weighted by atomic mass is 10.6. The third kappa shape index (κ3) is 8.87. The molecule has 0 aliphatic carbocycles. The molecule has 0 saturated carbocycles. The third-order valence-electron chi connectivity index (χ3n) is 0.467. The van der Waals surface area contributed by atoms with E-state index in [9.17, 15) is 0 Å². The summed E-state index contributed by atoms with van der Waals surface area (Å²) < 4.78 is 0. The van der Waals surface area contributed by atoms with Gasteiger partial charge in [0, 0.05) is 7.05 Å². The van der Waals surface area contributed by atoms with Gasteiger partial charge in [0.25, 0.3) is 0 Å². The van der Waals surface area contributed by atoms with Gasteiger partial charge in [0.2, 0.25) is 0 Å². The Morgan fingerprint density at radius 3 is 2.00 bits per heavy atom. The molecule has 2 heteroatoms. The van der Waals surface area contributed by atoms with Crippen LogP contribution in [0.3, 0.4) is 0 Å². The molecule has 0 fully saturated rings. The van der Waals surface area contributed by atoms with Gasteiger partial charge in [-0.1, -0.05) is 6.58 Å². The molecular formula is C6H12N2. The van der Waals surface area contributed by atoms with Gasteiger partial charge in [-0.15, -0.1) is 13.2 Å². The minimum atomic E-state index is 0.481. The van der Waals surface area contributed by atoms with Gasteiger partial charge in [-0.3, -0.25) is 4.99 Å². The van der Waals surface area contributed by atoms with Crippen LogP contribution in [-0.4, -0.2) is 12.9 Å². The predicted molar refractivity (Wildman–Crippen MR) is 39.0 cm³/mol. The van der Waals surface area contributed by atoms with E-state index in [4.69, 9.17) is 5.73 Å². The predicted octanol–water partition coefficient (Wildman–Crippen LogP) is 0.962. The molecule has 0 saturated heterocycles. The molecule has 0 aliphatic heterocycles. The molecule has 0 rings (SSSR count). The third-order valence-corrected chi connectivity index (χ3v) is 0.467. The summed E-state index contributed by atoms with van der Waals surface area (Å²) in [5, 5.41) is 0. The minimum absolute atomic E-state index is 0.481. The maximum Gasteiger partial charge on any atom is 0.117 e. The molecule has 0 unspecified atom stereocenters. The monoisotopic (exact) mass is 112 g/mol. The highest BCUT2D eigenvalue weighted by molar-refractivity contribution is 5.90. The van der Waals surface area contributed by atoms with Crippen molar-refractivity contribution in [2.75, 3.05) is 7.05 Å². The van der Waals surface area contributed by atoms with Gasteiger partial charge in [-0.05, 0) is 6.08 Å². The molecule has 8 heavy (non-hydrogen) atoms. The second-order valence-electron chi connectivity index (χ2n) is 0.853. The quantitative estimate of drug-likeness (QED) is 0.306. The van der Waals surface area contributed by atoms with E-state index < -0.39 is 0 Å². The van der Waals surface area contributed by atoms with E-state index in [0.29, 0.717) is 5.84 Å². The maximum absolute atomic E-state index is 5.10. The normalized spacial score (nSPS) is 8.88. The number of nitrogens with zero attached hydrogens (tertiary/aromatic N) is 1. The lowest BCUT2D eigenvalue weighted by molar-refractivity contribution is 1.41. The van der Waals surface area contributed by atoms with Gasteiger partial charge in [-0.25, -0.2) is 0 Å². The number of rotatable bonds is 1. The molecule has 2 nitrogen and oxygen atoms in total. The molecule has 46 valence electrons. The zero-order valence-electron chi connectivity index (χ0n) is 5.22. The summed E-state index contributed by atoms with van der Waals surface area (Å²) >= 11 is 0. The highest BCUT2D eigenvalue weighted by Crippen LogP contribution is 1.60. The second kappa shape index (κ2) is 9.34. The van der Waals surface area contributed by atoms with Crippen molar-refractivity contribution >= 4 is 5.84 Å². The summed E-state index contributed by atoms with van der Waals surface area (Å²) in [6, 6.07) is 0. The Labute approximate surface area is 50.4 Å². The number of hydrogen-bond donors (Lipinski definition) is 1. The van der Waals surface area contributed by atoms with Crippen LogP contribution in [0.2, 0.25) is 0 Å². The van der Waals surface area contributed by atoms with Crippen molar-refractivity contribution in [3.05, 3.63) is 25.8 Å². The van der Waals surface area contributed by atoms with Crippen LogP contribution in [0.4, 0.5) is 0 Å². The first-order valence-corrected chi connectivity index (χ1v) is 2.16. The molecule has 0 heterocycles. The Hall–Kier alpha value is -1.05. The Kier molecular flexibility index (Phi) is 11.7. The summed E-state index contributed by atoms with van der Waals surface area (Å²) in [5.41, 5.74) is 5.10. The van der Waals surface area contributed by atoms with Crippen molar-refractivity contribution in [3.8, 4) is 0 Å². The number of amidine groups is 1. The Morgan fingerprint density at radius 1 is 1.62 bits per heavy atom. The summed E-state index contributed by atoms with van der Waals surface area (Å²) in [6.07, 6.45) is 1.50.